The van der Waals surface area contributed by atoms with Gasteiger partial charge >= 0.3 is 0 Å². The molecule has 1 saturated heterocycles. The van der Waals surface area contributed by atoms with Crippen LogP contribution in [0.1, 0.15) is 57.1 Å². The number of nitrogens with zero attached hydrogens (tertiary/aromatic N) is 2. The molecular formula is C18H29N2+. The number of rotatable bonds is 7. The smallest absolute Gasteiger partial charge is 0.173 e. The summed E-state index contributed by atoms with van der Waals surface area (Å²) in [6, 6.07) is 5.10. The van der Waals surface area contributed by atoms with Crippen LogP contribution in [0.25, 0.3) is 0 Å². The zero-order chi connectivity index (χ0) is 14.2. The van der Waals surface area contributed by atoms with Gasteiger partial charge in [-0.3, -0.25) is 4.90 Å². The van der Waals surface area contributed by atoms with Crippen molar-refractivity contribution >= 4 is 0 Å². The monoisotopic (exact) mass is 273 g/mol. The van der Waals surface area contributed by atoms with E-state index in [1.165, 1.54) is 44.2 Å². The van der Waals surface area contributed by atoms with E-state index in [4.69, 9.17) is 0 Å². The summed E-state index contributed by atoms with van der Waals surface area (Å²) in [6.07, 6.45) is 16.8. The second kappa shape index (κ2) is 8.21. The van der Waals surface area contributed by atoms with Crippen LogP contribution >= 0.6 is 0 Å². The first-order valence-electron chi connectivity index (χ1n) is 8.15. The number of unbranched alkanes of at least 4 members (excludes halogenated alkanes) is 2. The number of hydrogen-bond donors (Lipinski definition) is 0. The van der Waals surface area contributed by atoms with Crippen LogP contribution in [0.5, 0.6) is 0 Å². The van der Waals surface area contributed by atoms with E-state index in [9.17, 15) is 0 Å². The van der Waals surface area contributed by atoms with Crippen LogP contribution in [0.2, 0.25) is 0 Å². The Bertz CT molecular complexity index is 425. The van der Waals surface area contributed by atoms with E-state index in [1.54, 1.807) is 0 Å². The van der Waals surface area contributed by atoms with Crippen molar-refractivity contribution in [2.45, 2.75) is 58.0 Å². The number of allylic oxidation sites excluding steroid dienone is 2. The topological polar surface area (TPSA) is 7.12 Å². The summed E-state index contributed by atoms with van der Waals surface area (Å²) in [7, 11) is 2.24. The molecule has 0 radical (unpaired) electrons. The molecule has 1 aromatic rings. The van der Waals surface area contributed by atoms with Crippen molar-refractivity contribution in [3.8, 4) is 0 Å². The Morgan fingerprint density at radius 3 is 2.95 bits per heavy atom. The summed E-state index contributed by atoms with van der Waals surface area (Å²) in [5, 5.41) is 0. The molecule has 2 heterocycles. The molecular weight excluding hydrogens is 244 g/mol. The van der Waals surface area contributed by atoms with Crippen LogP contribution < -0.4 is 4.57 Å². The molecule has 2 heteroatoms. The van der Waals surface area contributed by atoms with Crippen molar-refractivity contribution in [1.29, 1.82) is 0 Å². The quantitative estimate of drug-likeness (QED) is 0.415. The fourth-order valence-electron chi connectivity index (χ4n) is 2.99. The van der Waals surface area contributed by atoms with Crippen molar-refractivity contribution in [3.05, 3.63) is 42.2 Å². The molecule has 1 unspecified atom stereocenters. The first kappa shape index (κ1) is 15.2. The molecule has 0 aromatic carbocycles. The normalized spacial score (nSPS) is 20.0. The zero-order valence-corrected chi connectivity index (χ0v) is 13.1. The third kappa shape index (κ3) is 4.45. The van der Waals surface area contributed by atoms with Gasteiger partial charge in [0.25, 0.3) is 0 Å². The van der Waals surface area contributed by atoms with Gasteiger partial charge in [0.2, 0.25) is 0 Å². The van der Waals surface area contributed by atoms with Gasteiger partial charge in [0.1, 0.15) is 0 Å². The maximum atomic E-state index is 2.48. The van der Waals surface area contributed by atoms with E-state index in [0.29, 0.717) is 6.04 Å². The van der Waals surface area contributed by atoms with E-state index in [0.717, 1.165) is 13.0 Å². The summed E-state index contributed by atoms with van der Waals surface area (Å²) in [6.45, 7) is 4.57. The average Bonchev–Trinajstić information content (AvgIpc) is 2.89. The lowest BCUT2D eigenvalue weighted by molar-refractivity contribution is -0.696. The van der Waals surface area contributed by atoms with Gasteiger partial charge in [-0.15, -0.1) is 0 Å². The van der Waals surface area contributed by atoms with Crippen LogP contribution in [-0.2, 0) is 6.54 Å². The number of hydrogen-bond acceptors (Lipinski definition) is 1. The van der Waals surface area contributed by atoms with E-state index in [-0.39, 0.29) is 0 Å². The summed E-state index contributed by atoms with van der Waals surface area (Å²) >= 11 is 0. The second-order valence-corrected chi connectivity index (χ2v) is 5.92. The Balaban J connectivity index is 1.85. The Morgan fingerprint density at radius 2 is 2.20 bits per heavy atom. The fraction of sp³-hybridized carbons (Fsp3) is 0.611. The molecule has 0 amide bonds. The minimum atomic E-state index is 0.627. The van der Waals surface area contributed by atoms with Crippen LogP contribution in [0.4, 0.5) is 0 Å². The standard InChI is InChI=1S/C18H29N2/c1-3-4-5-6-7-8-14-20-15-9-11-17(16-20)18-12-10-13-19(18)2/h6-7,9,11,15-16,18H,3-5,8,10,12-14H2,1-2H3/q+1/b7-6-. The van der Waals surface area contributed by atoms with E-state index in [1.807, 2.05) is 0 Å². The van der Waals surface area contributed by atoms with Crippen molar-refractivity contribution in [3.63, 3.8) is 0 Å². The molecule has 0 bridgehead atoms. The van der Waals surface area contributed by atoms with Gasteiger partial charge in [0.05, 0.1) is 0 Å². The Labute approximate surface area is 124 Å². The first-order chi connectivity index (χ1) is 9.81. The van der Waals surface area contributed by atoms with Crippen LogP contribution in [0, 0.1) is 0 Å². The van der Waals surface area contributed by atoms with Crippen molar-refractivity contribution in [2.75, 3.05) is 13.6 Å². The SMILES string of the molecule is CCCC/C=C\CC[n+]1cccc(C2CCCN2C)c1. The molecule has 1 aliphatic heterocycles. The highest BCUT2D eigenvalue weighted by Gasteiger charge is 2.24. The molecule has 1 atom stereocenters. The van der Waals surface area contributed by atoms with Gasteiger partial charge in [-0.25, -0.2) is 4.57 Å². The largest absolute Gasteiger partial charge is 0.299 e. The van der Waals surface area contributed by atoms with E-state index >= 15 is 0 Å². The molecule has 1 aromatic heterocycles. The molecule has 0 spiro atoms. The van der Waals surface area contributed by atoms with Crippen molar-refractivity contribution in [2.24, 2.45) is 0 Å². The minimum absolute atomic E-state index is 0.627. The third-order valence-corrected chi connectivity index (χ3v) is 4.23. The highest BCUT2D eigenvalue weighted by atomic mass is 15.1. The van der Waals surface area contributed by atoms with Crippen molar-refractivity contribution < 1.29 is 4.57 Å². The summed E-state index contributed by atoms with van der Waals surface area (Å²) in [5.74, 6) is 0. The lowest BCUT2D eigenvalue weighted by Crippen LogP contribution is -2.34. The maximum absolute atomic E-state index is 2.48. The number of pyridine rings is 1. The molecule has 110 valence electrons. The zero-order valence-electron chi connectivity index (χ0n) is 13.1. The van der Waals surface area contributed by atoms with Gasteiger partial charge in [-0.1, -0.05) is 31.9 Å². The maximum Gasteiger partial charge on any atom is 0.173 e. The lowest BCUT2D eigenvalue weighted by Gasteiger charge is -2.18. The summed E-state index contributed by atoms with van der Waals surface area (Å²) in [5.41, 5.74) is 1.47. The highest BCUT2D eigenvalue weighted by molar-refractivity contribution is 5.12. The average molecular weight is 273 g/mol. The number of likely N-dealkylation sites (tertiary alicyclic amines) is 1. The highest BCUT2D eigenvalue weighted by Crippen LogP contribution is 2.29. The van der Waals surface area contributed by atoms with E-state index < -0.39 is 0 Å². The van der Waals surface area contributed by atoms with Gasteiger partial charge in [-0.2, -0.15) is 0 Å². The molecule has 1 aliphatic rings. The first-order valence-corrected chi connectivity index (χ1v) is 8.15. The Morgan fingerprint density at radius 1 is 1.35 bits per heavy atom. The molecule has 20 heavy (non-hydrogen) atoms. The van der Waals surface area contributed by atoms with Gasteiger partial charge < -0.3 is 0 Å². The van der Waals surface area contributed by atoms with Crippen LogP contribution in [-0.4, -0.2) is 18.5 Å². The Kier molecular flexibility index (Phi) is 6.25. The lowest BCUT2D eigenvalue weighted by atomic mass is 10.1. The number of aromatic nitrogens is 1. The van der Waals surface area contributed by atoms with E-state index in [2.05, 4.69) is 60.1 Å². The molecule has 1 fully saturated rings. The van der Waals surface area contributed by atoms with Crippen LogP contribution in [0.15, 0.2) is 36.7 Å². The van der Waals surface area contributed by atoms with Gasteiger partial charge in [0.15, 0.2) is 18.9 Å². The minimum Gasteiger partial charge on any atom is -0.299 e. The van der Waals surface area contributed by atoms with Gasteiger partial charge in [0, 0.05) is 24.1 Å². The molecule has 0 aliphatic carbocycles. The molecule has 0 N–H and O–H groups in total. The Hall–Kier alpha value is -1.15. The van der Waals surface area contributed by atoms with Crippen molar-refractivity contribution in [1.82, 2.24) is 4.90 Å². The molecule has 2 nitrogen and oxygen atoms in total. The fourth-order valence-corrected chi connectivity index (χ4v) is 2.99. The predicted octanol–water partition coefficient (Wildman–Crippen LogP) is 3.88. The molecule has 0 saturated carbocycles. The summed E-state index contributed by atoms with van der Waals surface area (Å²) in [4.78, 5) is 2.48. The van der Waals surface area contributed by atoms with Crippen LogP contribution in [0.3, 0.4) is 0 Å². The predicted molar refractivity (Wildman–Crippen MR) is 84.5 cm³/mol. The molecule has 2 rings (SSSR count). The summed E-state index contributed by atoms with van der Waals surface area (Å²) < 4.78 is 2.34. The second-order valence-electron chi connectivity index (χ2n) is 5.92. The van der Waals surface area contributed by atoms with Gasteiger partial charge in [-0.05, 0) is 38.9 Å². The number of aryl methyl sites for hydroxylation is 1. The third-order valence-electron chi connectivity index (χ3n) is 4.23.